The summed E-state index contributed by atoms with van der Waals surface area (Å²) in [6.45, 7) is 3.03. The summed E-state index contributed by atoms with van der Waals surface area (Å²) in [7, 11) is 0. The monoisotopic (exact) mass is 220 g/mol. The molecule has 4 nitrogen and oxygen atoms in total. The molecule has 2 aromatic rings. The van der Waals surface area contributed by atoms with Crippen LogP contribution in [0.1, 0.15) is 5.56 Å². The van der Waals surface area contributed by atoms with Crippen LogP contribution in [-0.4, -0.2) is 21.5 Å². The minimum atomic E-state index is -0.269. The first-order valence-corrected chi connectivity index (χ1v) is 5.07. The standard InChI is InChI=1S/C11H13FN4/c1-8-2-3-9(12)6-10(8)11-7-16(5-4-13)15-14-11/h2-3,6-7H,4-5,13H2,1H3. The Morgan fingerprint density at radius 2 is 2.25 bits per heavy atom. The molecule has 1 aromatic heterocycles. The van der Waals surface area contributed by atoms with E-state index in [1.165, 1.54) is 12.1 Å². The van der Waals surface area contributed by atoms with Crippen LogP contribution >= 0.6 is 0 Å². The molecule has 16 heavy (non-hydrogen) atoms. The summed E-state index contributed by atoms with van der Waals surface area (Å²) in [5, 5.41) is 7.92. The Labute approximate surface area is 92.9 Å². The number of nitrogens with two attached hydrogens (primary N) is 1. The van der Waals surface area contributed by atoms with Gasteiger partial charge in [0.05, 0.1) is 12.7 Å². The molecule has 2 rings (SSSR count). The maximum atomic E-state index is 13.1. The van der Waals surface area contributed by atoms with Crippen LogP contribution in [0.4, 0.5) is 4.39 Å². The first kappa shape index (κ1) is 10.8. The Hall–Kier alpha value is -1.75. The molecule has 1 heterocycles. The fourth-order valence-electron chi connectivity index (χ4n) is 1.53. The van der Waals surface area contributed by atoms with Crippen LogP contribution in [0.2, 0.25) is 0 Å². The Balaban J connectivity index is 2.38. The molecule has 1 aromatic carbocycles. The molecule has 0 unspecified atom stereocenters. The number of rotatable bonds is 3. The third-order valence-corrected chi connectivity index (χ3v) is 2.37. The highest BCUT2D eigenvalue weighted by Gasteiger charge is 2.07. The average molecular weight is 220 g/mol. The van der Waals surface area contributed by atoms with Gasteiger partial charge in [0.1, 0.15) is 11.5 Å². The fourth-order valence-corrected chi connectivity index (χ4v) is 1.53. The van der Waals surface area contributed by atoms with Gasteiger partial charge in [-0.05, 0) is 24.6 Å². The molecule has 0 saturated heterocycles. The molecule has 84 valence electrons. The summed E-state index contributed by atoms with van der Waals surface area (Å²) in [6, 6.07) is 4.63. The van der Waals surface area contributed by atoms with E-state index >= 15 is 0 Å². The number of hydrogen-bond acceptors (Lipinski definition) is 3. The highest BCUT2D eigenvalue weighted by Crippen LogP contribution is 2.21. The zero-order valence-corrected chi connectivity index (χ0v) is 9.02. The predicted octanol–water partition coefficient (Wildman–Crippen LogP) is 1.35. The maximum Gasteiger partial charge on any atom is 0.123 e. The van der Waals surface area contributed by atoms with Gasteiger partial charge < -0.3 is 5.73 Å². The van der Waals surface area contributed by atoms with E-state index in [9.17, 15) is 4.39 Å². The van der Waals surface area contributed by atoms with Crippen molar-refractivity contribution in [2.45, 2.75) is 13.5 Å². The number of aromatic nitrogens is 3. The zero-order valence-electron chi connectivity index (χ0n) is 9.02. The smallest absolute Gasteiger partial charge is 0.123 e. The van der Waals surface area contributed by atoms with Crippen molar-refractivity contribution in [1.82, 2.24) is 15.0 Å². The lowest BCUT2D eigenvalue weighted by Gasteiger charge is -2.01. The van der Waals surface area contributed by atoms with Gasteiger partial charge in [-0.3, -0.25) is 4.68 Å². The van der Waals surface area contributed by atoms with Gasteiger partial charge in [-0.25, -0.2) is 4.39 Å². The second kappa shape index (κ2) is 4.40. The van der Waals surface area contributed by atoms with E-state index in [2.05, 4.69) is 10.3 Å². The first-order valence-electron chi connectivity index (χ1n) is 5.07. The van der Waals surface area contributed by atoms with Crippen molar-refractivity contribution in [3.8, 4) is 11.3 Å². The zero-order chi connectivity index (χ0) is 11.5. The largest absolute Gasteiger partial charge is 0.329 e. The Morgan fingerprint density at radius 1 is 1.44 bits per heavy atom. The molecule has 0 aliphatic carbocycles. The van der Waals surface area contributed by atoms with Gasteiger partial charge in [-0.2, -0.15) is 0 Å². The van der Waals surface area contributed by atoms with Gasteiger partial charge in [0.25, 0.3) is 0 Å². The molecule has 2 N–H and O–H groups in total. The highest BCUT2D eigenvalue weighted by atomic mass is 19.1. The summed E-state index contributed by atoms with van der Waals surface area (Å²) in [5.74, 6) is -0.269. The van der Waals surface area contributed by atoms with Crippen LogP contribution in [0.3, 0.4) is 0 Å². The van der Waals surface area contributed by atoms with Crippen molar-refractivity contribution < 1.29 is 4.39 Å². The van der Waals surface area contributed by atoms with Crippen LogP contribution in [-0.2, 0) is 6.54 Å². The molecule has 0 amide bonds. The van der Waals surface area contributed by atoms with Crippen LogP contribution in [0.5, 0.6) is 0 Å². The third kappa shape index (κ3) is 2.09. The summed E-state index contributed by atoms with van der Waals surface area (Å²) in [6.07, 6.45) is 1.77. The molecule has 0 bridgehead atoms. The quantitative estimate of drug-likeness (QED) is 0.849. The highest BCUT2D eigenvalue weighted by molar-refractivity contribution is 5.62. The van der Waals surface area contributed by atoms with Crippen molar-refractivity contribution in [1.29, 1.82) is 0 Å². The second-order valence-corrected chi connectivity index (χ2v) is 3.61. The minimum Gasteiger partial charge on any atom is -0.329 e. The van der Waals surface area contributed by atoms with E-state index in [1.54, 1.807) is 16.9 Å². The third-order valence-electron chi connectivity index (χ3n) is 2.37. The van der Waals surface area contributed by atoms with Gasteiger partial charge in [0, 0.05) is 12.1 Å². The first-order chi connectivity index (χ1) is 7.70. The van der Waals surface area contributed by atoms with Gasteiger partial charge in [-0.15, -0.1) is 5.10 Å². The van der Waals surface area contributed by atoms with Crippen LogP contribution in [0.25, 0.3) is 11.3 Å². The number of aryl methyl sites for hydroxylation is 1. The summed E-state index contributed by atoms with van der Waals surface area (Å²) >= 11 is 0. The average Bonchev–Trinajstić information content (AvgIpc) is 2.71. The van der Waals surface area contributed by atoms with Gasteiger partial charge in [0.2, 0.25) is 0 Å². The molecule has 0 radical (unpaired) electrons. The molecule has 5 heteroatoms. The normalized spacial score (nSPS) is 10.7. The Kier molecular flexibility index (Phi) is 2.96. The van der Waals surface area contributed by atoms with Crippen molar-refractivity contribution in [3.05, 3.63) is 35.8 Å². The van der Waals surface area contributed by atoms with Crippen molar-refractivity contribution >= 4 is 0 Å². The lowest BCUT2D eigenvalue weighted by atomic mass is 10.1. The second-order valence-electron chi connectivity index (χ2n) is 3.61. The summed E-state index contributed by atoms with van der Waals surface area (Å²) in [4.78, 5) is 0. The lowest BCUT2D eigenvalue weighted by Crippen LogP contribution is -2.10. The topological polar surface area (TPSA) is 56.7 Å². The van der Waals surface area contributed by atoms with Crippen LogP contribution in [0, 0.1) is 12.7 Å². The number of benzene rings is 1. The predicted molar refractivity (Wildman–Crippen MR) is 59.2 cm³/mol. The summed E-state index contributed by atoms with van der Waals surface area (Å²) in [5.41, 5.74) is 7.83. The van der Waals surface area contributed by atoms with Crippen molar-refractivity contribution in [3.63, 3.8) is 0 Å². The van der Waals surface area contributed by atoms with E-state index < -0.39 is 0 Å². The Bertz CT molecular complexity index is 492. The SMILES string of the molecule is Cc1ccc(F)cc1-c1cn(CCN)nn1. The van der Waals surface area contributed by atoms with Crippen molar-refractivity contribution in [2.24, 2.45) is 5.73 Å². The van der Waals surface area contributed by atoms with E-state index in [0.717, 1.165) is 11.1 Å². The van der Waals surface area contributed by atoms with Crippen LogP contribution in [0.15, 0.2) is 24.4 Å². The van der Waals surface area contributed by atoms with E-state index in [0.29, 0.717) is 18.8 Å². The van der Waals surface area contributed by atoms with E-state index in [1.807, 2.05) is 6.92 Å². The molecule has 0 aliphatic heterocycles. The molecule has 0 atom stereocenters. The van der Waals surface area contributed by atoms with E-state index in [-0.39, 0.29) is 5.82 Å². The number of hydrogen-bond donors (Lipinski definition) is 1. The van der Waals surface area contributed by atoms with Gasteiger partial charge in [0.15, 0.2) is 0 Å². The molecule has 0 saturated carbocycles. The van der Waals surface area contributed by atoms with Crippen molar-refractivity contribution in [2.75, 3.05) is 6.54 Å². The minimum absolute atomic E-state index is 0.269. The fraction of sp³-hybridized carbons (Fsp3) is 0.273. The molecular formula is C11H13FN4. The number of nitrogens with zero attached hydrogens (tertiary/aromatic N) is 3. The van der Waals surface area contributed by atoms with E-state index in [4.69, 9.17) is 5.73 Å². The van der Waals surface area contributed by atoms with Gasteiger partial charge in [-0.1, -0.05) is 11.3 Å². The number of halogens is 1. The Morgan fingerprint density at radius 3 is 3.00 bits per heavy atom. The summed E-state index contributed by atoms with van der Waals surface area (Å²) < 4.78 is 14.8. The molecule has 0 spiro atoms. The maximum absolute atomic E-state index is 13.1. The lowest BCUT2D eigenvalue weighted by molar-refractivity contribution is 0.598. The van der Waals surface area contributed by atoms with Crippen LogP contribution < -0.4 is 5.73 Å². The molecule has 0 fully saturated rings. The molecule has 0 aliphatic rings. The van der Waals surface area contributed by atoms with Gasteiger partial charge >= 0.3 is 0 Å². The molecular weight excluding hydrogens is 207 g/mol.